The van der Waals surface area contributed by atoms with Crippen molar-refractivity contribution in [3.8, 4) is 0 Å². The van der Waals surface area contributed by atoms with Crippen LogP contribution in [0, 0.1) is 13.8 Å². The van der Waals surface area contributed by atoms with Crippen LogP contribution in [-0.2, 0) is 0 Å². The van der Waals surface area contributed by atoms with Gasteiger partial charge in [-0.3, -0.25) is 0 Å². The van der Waals surface area contributed by atoms with Gasteiger partial charge in [-0.05, 0) is 79.8 Å². The zero-order chi connectivity index (χ0) is 23.8. The van der Waals surface area contributed by atoms with Gasteiger partial charge in [-0.25, -0.2) is 0 Å². The van der Waals surface area contributed by atoms with Crippen molar-refractivity contribution >= 4 is 11.4 Å². The summed E-state index contributed by atoms with van der Waals surface area (Å²) in [7, 11) is 0. The minimum Gasteiger partial charge on any atom is -0.395 e. The first-order valence-electron chi connectivity index (χ1n) is 12.0. The number of aryl methyl sites for hydroxylation is 2. The zero-order valence-electron chi connectivity index (χ0n) is 20.5. The van der Waals surface area contributed by atoms with Crippen molar-refractivity contribution in [2.24, 2.45) is 0 Å². The molecule has 0 radical (unpaired) electrons. The van der Waals surface area contributed by atoms with E-state index in [4.69, 9.17) is 0 Å². The molecule has 0 spiro atoms. The molecule has 0 amide bonds. The lowest BCUT2D eigenvalue weighted by molar-refractivity contribution is 0.281. The lowest BCUT2D eigenvalue weighted by atomic mass is 9.81. The fourth-order valence-electron chi connectivity index (χ4n) is 4.73. The van der Waals surface area contributed by atoms with Gasteiger partial charge in [-0.2, -0.15) is 0 Å². The summed E-state index contributed by atoms with van der Waals surface area (Å²) in [4.78, 5) is 4.41. The van der Waals surface area contributed by atoms with Gasteiger partial charge in [0, 0.05) is 43.5 Å². The molecule has 2 N–H and O–H groups in total. The van der Waals surface area contributed by atoms with E-state index in [2.05, 4.69) is 99.3 Å². The van der Waals surface area contributed by atoms with Gasteiger partial charge < -0.3 is 20.0 Å². The minimum atomic E-state index is 0.0610. The van der Waals surface area contributed by atoms with E-state index in [0.29, 0.717) is 13.1 Å². The van der Waals surface area contributed by atoms with E-state index in [1.54, 1.807) is 0 Å². The van der Waals surface area contributed by atoms with Gasteiger partial charge in [0.1, 0.15) is 0 Å². The number of anilines is 2. The molecule has 3 rings (SSSR count). The van der Waals surface area contributed by atoms with Gasteiger partial charge in [0.15, 0.2) is 0 Å². The van der Waals surface area contributed by atoms with E-state index in [1.165, 1.54) is 33.5 Å². The number of hydrogen-bond donors (Lipinski definition) is 2. The van der Waals surface area contributed by atoms with Crippen LogP contribution in [0.4, 0.5) is 11.4 Å². The van der Waals surface area contributed by atoms with Crippen LogP contribution in [0.15, 0.2) is 66.7 Å². The monoisotopic (exact) mass is 446 g/mol. The summed E-state index contributed by atoms with van der Waals surface area (Å²) >= 11 is 0. The van der Waals surface area contributed by atoms with Crippen molar-refractivity contribution in [2.75, 3.05) is 49.2 Å². The highest BCUT2D eigenvalue weighted by Gasteiger charge is 2.21. The number of aliphatic hydroxyl groups excluding tert-OH is 2. The molecule has 0 saturated heterocycles. The van der Waals surface area contributed by atoms with E-state index < -0.39 is 0 Å². The van der Waals surface area contributed by atoms with Gasteiger partial charge in [0.05, 0.1) is 13.2 Å². The Balaban J connectivity index is 2.08. The van der Waals surface area contributed by atoms with Crippen LogP contribution in [0.2, 0.25) is 0 Å². The predicted octanol–water partition coefficient (Wildman–Crippen LogP) is 5.12. The number of benzene rings is 3. The van der Waals surface area contributed by atoms with Crippen LogP contribution < -0.4 is 9.80 Å². The van der Waals surface area contributed by atoms with Crippen molar-refractivity contribution in [2.45, 2.75) is 33.6 Å². The summed E-state index contributed by atoms with van der Waals surface area (Å²) in [5, 5.41) is 18.9. The molecule has 0 fully saturated rings. The average molecular weight is 447 g/mol. The molecule has 3 aromatic carbocycles. The van der Waals surface area contributed by atoms with Crippen LogP contribution in [-0.4, -0.2) is 49.6 Å². The van der Waals surface area contributed by atoms with Gasteiger partial charge in [0.2, 0.25) is 0 Å². The molecule has 3 aromatic rings. The maximum Gasteiger partial charge on any atom is 0.0606 e. The van der Waals surface area contributed by atoms with Crippen molar-refractivity contribution in [3.63, 3.8) is 0 Å². The number of aliphatic hydroxyl groups is 2. The first-order valence-corrected chi connectivity index (χ1v) is 12.0. The van der Waals surface area contributed by atoms with Crippen LogP contribution in [0.3, 0.4) is 0 Å². The Morgan fingerprint density at radius 2 is 1.15 bits per heavy atom. The molecule has 0 aromatic heterocycles. The summed E-state index contributed by atoms with van der Waals surface area (Å²) in [6, 6.07) is 24.0. The van der Waals surface area contributed by atoms with Gasteiger partial charge in [-0.1, -0.05) is 42.5 Å². The smallest absolute Gasteiger partial charge is 0.0606 e. The van der Waals surface area contributed by atoms with E-state index in [9.17, 15) is 10.2 Å². The SMILES string of the molecule is CCN(CC)c1ccc(C(c2ccccc2)c2ccc(N(CCO)CCO)cc2C)c(C)c1. The highest BCUT2D eigenvalue weighted by Crippen LogP contribution is 2.37. The second kappa shape index (κ2) is 11.9. The molecular formula is C29H38N2O2. The molecular weight excluding hydrogens is 408 g/mol. The molecule has 4 nitrogen and oxygen atoms in total. The lowest BCUT2D eigenvalue weighted by Gasteiger charge is -2.28. The van der Waals surface area contributed by atoms with E-state index in [-0.39, 0.29) is 19.1 Å². The molecule has 0 aliphatic carbocycles. The summed E-state index contributed by atoms with van der Waals surface area (Å²) < 4.78 is 0. The van der Waals surface area contributed by atoms with Crippen molar-refractivity contribution in [3.05, 3.63) is 94.5 Å². The average Bonchev–Trinajstić information content (AvgIpc) is 2.83. The Bertz CT molecular complexity index is 1010. The third-order valence-electron chi connectivity index (χ3n) is 6.50. The van der Waals surface area contributed by atoms with Gasteiger partial charge in [-0.15, -0.1) is 0 Å². The summed E-state index contributed by atoms with van der Waals surface area (Å²) in [6.45, 7) is 11.9. The van der Waals surface area contributed by atoms with E-state index in [0.717, 1.165) is 18.8 Å². The molecule has 176 valence electrons. The topological polar surface area (TPSA) is 46.9 Å². The van der Waals surface area contributed by atoms with E-state index >= 15 is 0 Å². The first kappa shape index (κ1) is 24.8. The summed E-state index contributed by atoms with van der Waals surface area (Å²) in [5.74, 6) is 0.134. The van der Waals surface area contributed by atoms with Crippen molar-refractivity contribution in [1.29, 1.82) is 0 Å². The standard InChI is InChI=1S/C29H38N2O2/c1-5-30(6-2)25-12-14-27(22(3)20-25)29(24-10-8-7-9-11-24)28-15-13-26(21-23(28)4)31(16-18-32)17-19-33/h7-15,20-21,29,32-33H,5-6,16-19H2,1-4H3. The van der Waals surface area contributed by atoms with Crippen LogP contribution in [0.5, 0.6) is 0 Å². The quantitative estimate of drug-likeness (QED) is 0.401. The maximum absolute atomic E-state index is 9.43. The highest BCUT2D eigenvalue weighted by atomic mass is 16.3. The number of rotatable bonds is 11. The molecule has 1 atom stereocenters. The fourth-order valence-corrected chi connectivity index (χ4v) is 4.73. The van der Waals surface area contributed by atoms with Gasteiger partial charge >= 0.3 is 0 Å². The molecule has 0 saturated carbocycles. The normalized spacial score (nSPS) is 11.9. The second-order valence-corrected chi connectivity index (χ2v) is 8.53. The van der Waals surface area contributed by atoms with E-state index in [1.807, 2.05) is 4.90 Å². The third kappa shape index (κ3) is 5.76. The molecule has 33 heavy (non-hydrogen) atoms. The summed E-state index contributed by atoms with van der Waals surface area (Å²) in [6.07, 6.45) is 0. The molecule has 0 aliphatic heterocycles. The fraction of sp³-hybridized carbons (Fsp3) is 0.379. The summed E-state index contributed by atoms with van der Waals surface area (Å²) in [5.41, 5.74) is 8.65. The number of nitrogens with zero attached hydrogens (tertiary/aromatic N) is 2. The van der Waals surface area contributed by atoms with Crippen LogP contribution in [0.1, 0.15) is 47.6 Å². The first-order chi connectivity index (χ1) is 16.0. The van der Waals surface area contributed by atoms with Crippen molar-refractivity contribution in [1.82, 2.24) is 0 Å². The minimum absolute atomic E-state index is 0.0610. The largest absolute Gasteiger partial charge is 0.395 e. The molecule has 0 heterocycles. The van der Waals surface area contributed by atoms with Crippen LogP contribution >= 0.6 is 0 Å². The van der Waals surface area contributed by atoms with Crippen molar-refractivity contribution < 1.29 is 10.2 Å². The molecule has 0 bridgehead atoms. The van der Waals surface area contributed by atoms with Gasteiger partial charge in [0.25, 0.3) is 0 Å². The second-order valence-electron chi connectivity index (χ2n) is 8.53. The highest BCUT2D eigenvalue weighted by molar-refractivity contribution is 5.58. The Labute approximate surface area is 199 Å². The predicted molar refractivity (Wildman–Crippen MR) is 140 cm³/mol. The third-order valence-corrected chi connectivity index (χ3v) is 6.50. The Hall–Kier alpha value is -2.82. The maximum atomic E-state index is 9.43. The Kier molecular flexibility index (Phi) is 8.93. The zero-order valence-corrected chi connectivity index (χ0v) is 20.5. The lowest BCUT2D eigenvalue weighted by Crippen LogP contribution is -2.29. The van der Waals surface area contributed by atoms with Crippen LogP contribution in [0.25, 0.3) is 0 Å². The Morgan fingerprint density at radius 3 is 1.58 bits per heavy atom. The molecule has 4 heteroatoms. The molecule has 1 unspecified atom stereocenters. The molecule has 0 aliphatic rings. The number of hydrogen-bond acceptors (Lipinski definition) is 4. The Morgan fingerprint density at radius 1 is 0.667 bits per heavy atom.